The van der Waals surface area contributed by atoms with E-state index in [9.17, 15) is 4.79 Å². The molecule has 0 aliphatic carbocycles. The first-order valence-electron chi connectivity index (χ1n) is 9.01. The fourth-order valence-corrected chi connectivity index (χ4v) is 2.96. The van der Waals surface area contributed by atoms with Gasteiger partial charge in [-0.15, -0.1) is 0 Å². The van der Waals surface area contributed by atoms with Crippen molar-refractivity contribution in [3.8, 4) is 11.3 Å². The Hall–Kier alpha value is -3.68. The molecule has 0 atom stereocenters. The average molecular weight is 376 g/mol. The van der Waals surface area contributed by atoms with E-state index in [4.69, 9.17) is 4.52 Å². The fraction of sp³-hybridized carbons (Fsp3) is 0.200. The van der Waals surface area contributed by atoms with Crippen molar-refractivity contribution in [2.24, 2.45) is 0 Å². The SMILES string of the molecule is CCn1ncc(Cn2cc(NC(=O)c3cc(-c4ccccc4)on3)cn2)c1C. The maximum Gasteiger partial charge on any atom is 0.277 e. The molecule has 1 N–H and O–H groups in total. The molecule has 8 nitrogen and oxygen atoms in total. The fourth-order valence-electron chi connectivity index (χ4n) is 2.96. The van der Waals surface area contributed by atoms with Gasteiger partial charge in [-0.1, -0.05) is 35.5 Å². The van der Waals surface area contributed by atoms with Gasteiger partial charge in [-0.2, -0.15) is 10.2 Å². The third kappa shape index (κ3) is 3.57. The second-order valence-electron chi connectivity index (χ2n) is 6.39. The van der Waals surface area contributed by atoms with Crippen molar-refractivity contribution in [3.63, 3.8) is 0 Å². The molecule has 4 aromatic rings. The van der Waals surface area contributed by atoms with Crippen molar-refractivity contribution in [1.29, 1.82) is 0 Å². The lowest BCUT2D eigenvalue weighted by Crippen LogP contribution is -2.11. The second kappa shape index (κ2) is 7.51. The van der Waals surface area contributed by atoms with E-state index in [-0.39, 0.29) is 11.6 Å². The summed E-state index contributed by atoms with van der Waals surface area (Å²) in [4.78, 5) is 12.4. The van der Waals surface area contributed by atoms with Gasteiger partial charge >= 0.3 is 0 Å². The number of hydrogen-bond acceptors (Lipinski definition) is 5. The summed E-state index contributed by atoms with van der Waals surface area (Å²) in [5.74, 6) is 0.199. The predicted molar refractivity (Wildman–Crippen MR) is 104 cm³/mol. The molecular weight excluding hydrogens is 356 g/mol. The number of amides is 1. The highest BCUT2D eigenvalue weighted by atomic mass is 16.5. The highest BCUT2D eigenvalue weighted by molar-refractivity contribution is 6.03. The quantitative estimate of drug-likeness (QED) is 0.557. The third-order valence-electron chi connectivity index (χ3n) is 4.53. The van der Waals surface area contributed by atoms with Gasteiger partial charge in [-0.05, 0) is 13.8 Å². The summed E-state index contributed by atoms with van der Waals surface area (Å²) in [6, 6.07) is 11.1. The van der Waals surface area contributed by atoms with Crippen LogP contribution in [-0.4, -0.2) is 30.6 Å². The molecule has 0 saturated heterocycles. The summed E-state index contributed by atoms with van der Waals surface area (Å²) in [6.45, 7) is 5.50. The van der Waals surface area contributed by atoms with E-state index < -0.39 is 0 Å². The number of nitrogens with one attached hydrogen (secondary N) is 1. The second-order valence-corrected chi connectivity index (χ2v) is 6.39. The smallest absolute Gasteiger partial charge is 0.277 e. The Balaban J connectivity index is 1.43. The van der Waals surface area contributed by atoms with E-state index >= 15 is 0 Å². The van der Waals surface area contributed by atoms with Gasteiger partial charge < -0.3 is 9.84 Å². The number of aromatic nitrogens is 5. The maximum atomic E-state index is 12.4. The highest BCUT2D eigenvalue weighted by Crippen LogP contribution is 2.20. The van der Waals surface area contributed by atoms with Crippen LogP contribution in [0.2, 0.25) is 0 Å². The Labute approximate surface area is 161 Å². The van der Waals surface area contributed by atoms with Crippen LogP contribution < -0.4 is 5.32 Å². The molecule has 0 aliphatic rings. The van der Waals surface area contributed by atoms with Crippen LogP contribution in [0.4, 0.5) is 5.69 Å². The number of aryl methyl sites for hydroxylation is 1. The Bertz CT molecular complexity index is 1090. The van der Waals surface area contributed by atoms with Crippen LogP contribution in [0.3, 0.4) is 0 Å². The summed E-state index contributed by atoms with van der Waals surface area (Å²) in [5.41, 5.74) is 3.87. The molecule has 0 fully saturated rings. The zero-order valence-electron chi connectivity index (χ0n) is 15.7. The van der Waals surface area contributed by atoms with E-state index in [1.54, 1.807) is 23.1 Å². The van der Waals surface area contributed by atoms with Gasteiger partial charge in [0.1, 0.15) is 0 Å². The Kier molecular flexibility index (Phi) is 4.76. The van der Waals surface area contributed by atoms with Crippen molar-refractivity contribution in [1.82, 2.24) is 24.7 Å². The molecular formula is C20H20N6O2. The van der Waals surface area contributed by atoms with E-state index in [1.165, 1.54) is 0 Å². The lowest BCUT2D eigenvalue weighted by atomic mass is 10.1. The highest BCUT2D eigenvalue weighted by Gasteiger charge is 2.15. The molecule has 0 spiro atoms. The van der Waals surface area contributed by atoms with Gasteiger partial charge in [-0.3, -0.25) is 14.2 Å². The predicted octanol–water partition coefficient (Wildman–Crippen LogP) is 3.36. The zero-order chi connectivity index (χ0) is 19.5. The molecule has 3 aromatic heterocycles. The van der Waals surface area contributed by atoms with Gasteiger partial charge in [0, 0.05) is 35.6 Å². The first kappa shape index (κ1) is 17.7. The molecule has 28 heavy (non-hydrogen) atoms. The van der Waals surface area contributed by atoms with E-state index in [1.807, 2.05) is 48.1 Å². The van der Waals surface area contributed by atoms with Gasteiger partial charge in [0.25, 0.3) is 5.91 Å². The summed E-state index contributed by atoms with van der Waals surface area (Å²) < 4.78 is 8.98. The van der Waals surface area contributed by atoms with E-state index in [0.29, 0.717) is 18.0 Å². The number of hydrogen-bond donors (Lipinski definition) is 1. The molecule has 4 rings (SSSR count). The van der Waals surface area contributed by atoms with Gasteiger partial charge in [0.2, 0.25) is 0 Å². The van der Waals surface area contributed by atoms with Gasteiger partial charge in [0.15, 0.2) is 11.5 Å². The minimum Gasteiger partial charge on any atom is -0.355 e. The lowest BCUT2D eigenvalue weighted by Gasteiger charge is -2.03. The largest absolute Gasteiger partial charge is 0.355 e. The van der Waals surface area contributed by atoms with Crippen LogP contribution in [0.25, 0.3) is 11.3 Å². The van der Waals surface area contributed by atoms with Crippen LogP contribution in [0.5, 0.6) is 0 Å². The minimum atomic E-state index is -0.347. The maximum absolute atomic E-state index is 12.4. The monoisotopic (exact) mass is 376 g/mol. The number of benzene rings is 1. The Morgan fingerprint density at radius 2 is 2.00 bits per heavy atom. The summed E-state index contributed by atoms with van der Waals surface area (Å²) in [5, 5.41) is 15.3. The van der Waals surface area contributed by atoms with Crippen LogP contribution in [0.15, 0.2) is 59.5 Å². The van der Waals surface area contributed by atoms with Crippen molar-refractivity contribution in [2.45, 2.75) is 26.9 Å². The first-order chi connectivity index (χ1) is 13.6. The molecule has 8 heteroatoms. The lowest BCUT2D eigenvalue weighted by molar-refractivity contribution is 0.101. The van der Waals surface area contributed by atoms with Crippen LogP contribution >= 0.6 is 0 Å². The molecule has 0 radical (unpaired) electrons. The van der Waals surface area contributed by atoms with E-state index in [0.717, 1.165) is 23.4 Å². The number of anilines is 1. The van der Waals surface area contributed by atoms with Crippen LogP contribution in [-0.2, 0) is 13.1 Å². The molecule has 0 aliphatic heterocycles. The number of carbonyl (C=O) groups is 1. The third-order valence-corrected chi connectivity index (χ3v) is 4.53. The normalized spacial score (nSPS) is 10.9. The molecule has 3 heterocycles. The Morgan fingerprint density at radius 1 is 1.18 bits per heavy atom. The molecule has 142 valence electrons. The summed E-state index contributed by atoms with van der Waals surface area (Å²) in [7, 11) is 0. The van der Waals surface area contributed by atoms with Crippen LogP contribution in [0, 0.1) is 6.92 Å². The number of carbonyl (C=O) groups excluding carboxylic acids is 1. The van der Waals surface area contributed by atoms with Crippen LogP contribution in [0.1, 0.15) is 28.7 Å². The summed E-state index contributed by atoms with van der Waals surface area (Å²) >= 11 is 0. The van der Waals surface area contributed by atoms with E-state index in [2.05, 4.69) is 27.6 Å². The minimum absolute atomic E-state index is 0.215. The first-order valence-corrected chi connectivity index (χ1v) is 9.01. The molecule has 0 saturated carbocycles. The zero-order valence-corrected chi connectivity index (χ0v) is 15.7. The number of rotatable bonds is 6. The topological polar surface area (TPSA) is 90.8 Å². The molecule has 0 bridgehead atoms. The Morgan fingerprint density at radius 3 is 2.75 bits per heavy atom. The van der Waals surface area contributed by atoms with Crippen molar-refractivity contribution in [2.75, 3.05) is 5.32 Å². The standard InChI is InChI=1S/C20H20N6O2/c1-3-26-14(2)16(10-22-26)12-25-13-17(11-21-25)23-20(27)18-9-19(28-24-18)15-7-5-4-6-8-15/h4-11,13H,3,12H2,1-2H3,(H,23,27). The summed E-state index contributed by atoms with van der Waals surface area (Å²) in [6.07, 6.45) is 5.23. The van der Waals surface area contributed by atoms with Gasteiger partial charge in [0.05, 0.1) is 24.6 Å². The van der Waals surface area contributed by atoms with Crippen molar-refractivity contribution < 1.29 is 9.32 Å². The van der Waals surface area contributed by atoms with Crippen molar-refractivity contribution >= 4 is 11.6 Å². The average Bonchev–Trinajstić information content (AvgIpc) is 3.44. The number of nitrogens with zero attached hydrogens (tertiary/aromatic N) is 5. The van der Waals surface area contributed by atoms with Crippen molar-refractivity contribution in [3.05, 3.63) is 71.9 Å². The molecule has 0 unspecified atom stereocenters. The molecule has 1 aromatic carbocycles. The molecule has 1 amide bonds. The van der Waals surface area contributed by atoms with Gasteiger partial charge in [-0.25, -0.2) is 0 Å².